The van der Waals surface area contributed by atoms with Gasteiger partial charge in [-0.2, -0.15) is 18.5 Å². The van der Waals surface area contributed by atoms with Crippen LogP contribution in [-0.2, 0) is 0 Å². The second-order valence-corrected chi connectivity index (χ2v) is 4.40. The number of hydrogen-bond donors (Lipinski definition) is 3. The van der Waals surface area contributed by atoms with Crippen molar-refractivity contribution in [2.45, 2.75) is 25.8 Å². The number of nitrogens with zero attached hydrogens (tertiary/aromatic N) is 2. The standard InChI is InChI=1S/C13H17FN4O.H2S/c1-2-3-9(7-19)16-12-10-5-4-8(14)6-11(10)17-13(15)18-12;/h4-6,9,19H,2-3,7H2,1H3,(H3,15,16,17,18);1H2/t9-;/m0./s1. The normalized spacial score (nSPS) is 11.9. The van der Waals surface area contributed by atoms with E-state index in [1.165, 1.54) is 12.1 Å². The van der Waals surface area contributed by atoms with Gasteiger partial charge < -0.3 is 16.2 Å². The minimum atomic E-state index is -0.371. The van der Waals surface area contributed by atoms with Gasteiger partial charge in [-0.05, 0) is 18.6 Å². The average molecular weight is 298 g/mol. The van der Waals surface area contributed by atoms with E-state index < -0.39 is 0 Å². The molecule has 1 heterocycles. The molecule has 1 aromatic carbocycles. The van der Waals surface area contributed by atoms with E-state index in [2.05, 4.69) is 15.3 Å². The molecule has 0 saturated carbocycles. The number of hydrogen-bond acceptors (Lipinski definition) is 5. The van der Waals surface area contributed by atoms with Crippen LogP contribution in [0.5, 0.6) is 0 Å². The van der Waals surface area contributed by atoms with Gasteiger partial charge in [-0.3, -0.25) is 0 Å². The van der Waals surface area contributed by atoms with Crippen molar-refractivity contribution in [2.24, 2.45) is 0 Å². The van der Waals surface area contributed by atoms with Crippen LogP contribution in [0, 0.1) is 5.82 Å². The summed E-state index contributed by atoms with van der Waals surface area (Å²) in [5.41, 5.74) is 6.07. The molecule has 0 spiro atoms. The lowest BCUT2D eigenvalue weighted by atomic mass is 10.1. The molecule has 0 bridgehead atoms. The lowest BCUT2D eigenvalue weighted by Gasteiger charge is -2.17. The smallest absolute Gasteiger partial charge is 0.222 e. The fourth-order valence-corrected chi connectivity index (χ4v) is 1.98. The van der Waals surface area contributed by atoms with Crippen LogP contribution in [0.15, 0.2) is 18.2 Å². The Balaban J connectivity index is 0.00000200. The highest BCUT2D eigenvalue weighted by Crippen LogP contribution is 2.23. The Kier molecular flexibility index (Phi) is 5.97. The van der Waals surface area contributed by atoms with E-state index >= 15 is 0 Å². The summed E-state index contributed by atoms with van der Waals surface area (Å²) in [7, 11) is 0. The van der Waals surface area contributed by atoms with E-state index in [0.29, 0.717) is 16.7 Å². The molecule has 0 aliphatic heterocycles. The first-order valence-electron chi connectivity index (χ1n) is 6.24. The van der Waals surface area contributed by atoms with Gasteiger partial charge in [-0.25, -0.2) is 9.37 Å². The molecule has 4 N–H and O–H groups in total. The van der Waals surface area contributed by atoms with Gasteiger partial charge in [0.25, 0.3) is 0 Å². The van der Waals surface area contributed by atoms with Crippen LogP contribution in [0.4, 0.5) is 16.2 Å². The molecular weight excluding hydrogens is 279 g/mol. The van der Waals surface area contributed by atoms with Gasteiger partial charge in [0, 0.05) is 11.5 Å². The Labute approximate surface area is 123 Å². The lowest BCUT2D eigenvalue weighted by Crippen LogP contribution is -2.24. The number of halogens is 1. The highest BCUT2D eigenvalue weighted by atomic mass is 32.1. The van der Waals surface area contributed by atoms with Gasteiger partial charge in [0.15, 0.2) is 0 Å². The minimum Gasteiger partial charge on any atom is -0.394 e. The van der Waals surface area contributed by atoms with Crippen molar-refractivity contribution in [3.05, 3.63) is 24.0 Å². The molecule has 0 radical (unpaired) electrons. The highest BCUT2D eigenvalue weighted by molar-refractivity contribution is 7.59. The maximum atomic E-state index is 13.2. The van der Waals surface area contributed by atoms with Gasteiger partial charge in [0.2, 0.25) is 5.95 Å². The van der Waals surface area contributed by atoms with Crippen LogP contribution in [0.2, 0.25) is 0 Å². The molecule has 5 nitrogen and oxygen atoms in total. The summed E-state index contributed by atoms with van der Waals surface area (Å²) in [6.45, 7) is 2.03. The number of aromatic nitrogens is 2. The molecular formula is C13H19FN4OS. The zero-order valence-corrected chi connectivity index (χ0v) is 12.2. The Hall–Kier alpha value is -1.60. The quantitative estimate of drug-likeness (QED) is 0.786. The number of nitrogen functional groups attached to an aromatic ring is 1. The number of anilines is 2. The van der Waals surface area contributed by atoms with E-state index in [-0.39, 0.29) is 37.9 Å². The number of nitrogens with two attached hydrogens (primary N) is 1. The van der Waals surface area contributed by atoms with E-state index in [9.17, 15) is 9.50 Å². The van der Waals surface area contributed by atoms with Gasteiger partial charge in [-0.15, -0.1) is 0 Å². The third-order valence-corrected chi connectivity index (χ3v) is 2.87. The molecule has 0 saturated heterocycles. The summed E-state index contributed by atoms with van der Waals surface area (Å²) in [4.78, 5) is 8.12. The lowest BCUT2D eigenvalue weighted by molar-refractivity contribution is 0.268. The average Bonchev–Trinajstić information content (AvgIpc) is 2.37. The van der Waals surface area contributed by atoms with Gasteiger partial charge >= 0.3 is 0 Å². The summed E-state index contributed by atoms with van der Waals surface area (Å²) >= 11 is 0. The summed E-state index contributed by atoms with van der Waals surface area (Å²) < 4.78 is 13.2. The molecule has 0 fully saturated rings. The highest BCUT2D eigenvalue weighted by Gasteiger charge is 2.11. The van der Waals surface area contributed by atoms with E-state index in [1.54, 1.807) is 6.07 Å². The number of fused-ring (bicyclic) bond motifs is 1. The molecule has 0 unspecified atom stereocenters. The largest absolute Gasteiger partial charge is 0.394 e. The van der Waals surface area contributed by atoms with Gasteiger partial charge in [-0.1, -0.05) is 13.3 Å². The minimum absolute atomic E-state index is 0. The van der Waals surface area contributed by atoms with E-state index in [0.717, 1.165) is 12.8 Å². The van der Waals surface area contributed by atoms with Crippen LogP contribution < -0.4 is 11.1 Å². The number of aliphatic hydroxyl groups is 1. The third-order valence-electron chi connectivity index (χ3n) is 2.87. The second-order valence-electron chi connectivity index (χ2n) is 4.40. The van der Waals surface area contributed by atoms with E-state index in [4.69, 9.17) is 5.73 Å². The first kappa shape index (κ1) is 16.5. The monoisotopic (exact) mass is 298 g/mol. The summed E-state index contributed by atoms with van der Waals surface area (Å²) in [6, 6.07) is 4.16. The summed E-state index contributed by atoms with van der Waals surface area (Å²) in [5.74, 6) is 0.229. The predicted molar refractivity (Wildman–Crippen MR) is 83.7 cm³/mol. The predicted octanol–water partition coefficient (Wildman–Crippen LogP) is 2.04. The summed E-state index contributed by atoms with van der Waals surface area (Å²) in [5, 5.41) is 13.1. The Bertz CT molecular complexity index is 576. The topological polar surface area (TPSA) is 84.1 Å². The SMILES string of the molecule is CCC[C@@H](CO)Nc1nc(N)nc2cc(F)ccc12.S. The first-order valence-corrected chi connectivity index (χ1v) is 6.24. The molecule has 2 aromatic rings. The van der Waals surface area contributed by atoms with Crippen molar-refractivity contribution < 1.29 is 9.50 Å². The summed E-state index contributed by atoms with van der Waals surface area (Å²) in [6.07, 6.45) is 1.74. The molecule has 2 rings (SSSR count). The maximum absolute atomic E-state index is 13.2. The molecule has 20 heavy (non-hydrogen) atoms. The molecule has 0 amide bonds. The van der Waals surface area contributed by atoms with Crippen molar-refractivity contribution in [1.29, 1.82) is 0 Å². The fourth-order valence-electron chi connectivity index (χ4n) is 1.98. The number of aliphatic hydroxyl groups excluding tert-OH is 1. The molecule has 1 aromatic heterocycles. The Morgan fingerprint density at radius 2 is 2.15 bits per heavy atom. The molecule has 0 aliphatic carbocycles. The Morgan fingerprint density at radius 1 is 1.40 bits per heavy atom. The zero-order valence-electron chi connectivity index (χ0n) is 11.2. The second kappa shape index (κ2) is 7.25. The van der Waals surface area contributed by atoms with Crippen LogP contribution in [-0.4, -0.2) is 27.7 Å². The third kappa shape index (κ3) is 3.71. The van der Waals surface area contributed by atoms with Crippen LogP contribution in [0.1, 0.15) is 19.8 Å². The van der Waals surface area contributed by atoms with Gasteiger partial charge in [0.1, 0.15) is 11.6 Å². The molecule has 0 aliphatic rings. The van der Waals surface area contributed by atoms with Crippen LogP contribution >= 0.6 is 13.5 Å². The molecule has 1 atom stereocenters. The van der Waals surface area contributed by atoms with Crippen molar-refractivity contribution in [2.75, 3.05) is 17.7 Å². The number of rotatable bonds is 5. The van der Waals surface area contributed by atoms with Crippen molar-refractivity contribution >= 4 is 36.2 Å². The Morgan fingerprint density at radius 3 is 2.80 bits per heavy atom. The van der Waals surface area contributed by atoms with Crippen LogP contribution in [0.25, 0.3) is 10.9 Å². The number of benzene rings is 1. The van der Waals surface area contributed by atoms with Crippen LogP contribution in [0.3, 0.4) is 0 Å². The van der Waals surface area contributed by atoms with Gasteiger partial charge in [0.05, 0.1) is 18.2 Å². The fraction of sp³-hybridized carbons (Fsp3) is 0.385. The molecule has 110 valence electrons. The van der Waals surface area contributed by atoms with E-state index in [1.807, 2.05) is 6.92 Å². The van der Waals surface area contributed by atoms with Crippen molar-refractivity contribution in [3.8, 4) is 0 Å². The van der Waals surface area contributed by atoms with Crippen molar-refractivity contribution in [1.82, 2.24) is 9.97 Å². The number of nitrogens with one attached hydrogen (secondary N) is 1. The maximum Gasteiger partial charge on any atom is 0.222 e. The molecule has 7 heteroatoms. The zero-order chi connectivity index (χ0) is 13.8. The first-order chi connectivity index (χ1) is 9.13. The van der Waals surface area contributed by atoms with Crippen molar-refractivity contribution in [3.63, 3.8) is 0 Å².